The molecule has 2 aliphatic rings. The van der Waals surface area contributed by atoms with Crippen LogP contribution in [0.3, 0.4) is 0 Å². The molecule has 214 valence electrons. The standard InChI is InChI=1S/C31H34F2N6O2/c1-19-18-34-8-9-39(19)25-3-4-26(29(17-25)35-24-6-10-41-11-7-24)31(40)36-30-27-15-20(2-5-28(27)37-38-30)12-21-13-22(32)16-23(33)14-21/h2-5,13-17,19,24,34-35H,6-12,18H2,1H3,(H2,36,37,38,40). The number of H-pyrrole nitrogens is 1. The topological polar surface area (TPSA) is 94.3 Å². The minimum absolute atomic E-state index is 0.215. The van der Waals surface area contributed by atoms with E-state index in [0.29, 0.717) is 42.6 Å². The van der Waals surface area contributed by atoms with Gasteiger partial charge in [-0.05, 0) is 79.8 Å². The molecular formula is C31H34F2N6O2. The molecule has 41 heavy (non-hydrogen) atoms. The molecule has 2 saturated heterocycles. The second kappa shape index (κ2) is 11.8. The Hall–Kier alpha value is -4.02. The van der Waals surface area contributed by atoms with E-state index in [1.54, 1.807) is 0 Å². The molecule has 0 aliphatic carbocycles. The second-order valence-corrected chi connectivity index (χ2v) is 10.9. The van der Waals surface area contributed by atoms with Crippen LogP contribution in [0.1, 0.15) is 41.3 Å². The van der Waals surface area contributed by atoms with Crippen LogP contribution in [0.2, 0.25) is 0 Å². The monoisotopic (exact) mass is 560 g/mol. The zero-order chi connectivity index (χ0) is 28.3. The molecule has 0 spiro atoms. The lowest BCUT2D eigenvalue weighted by Crippen LogP contribution is -2.50. The lowest BCUT2D eigenvalue weighted by atomic mass is 10.0. The van der Waals surface area contributed by atoms with Crippen molar-refractivity contribution in [2.24, 2.45) is 0 Å². The summed E-state index contributed by atoms with van der Waals surface area (Å²) in [5.74, 6) is -1.10. The average Bonchev–Trinajstić information content (AvgIpc) is 3.35. The van der Waals surface area contributed by atoms with Gasteiger partial charge in [0.05, 0.1) is 11.1 Å². The van der Waals surface area contributed by atoms with Gasteiger partial charge >= 0.3 is 0 Å². The first-order valence-corrected chi connectivity index (χ1v) is 14.1. The molecule has 4 aromatic rings. The predicted octanol–water partition coefficient (Wildman–Crippen LogP) is 5.07. The number of fused-ring (bicyclic) bond motifs is 1. The largest absolute Gasteiger partial charge is 0.381 e. The Morgan fingerprint density at radius 3 is 2.63 bits per heavy atom. The molecule has 8 nitrogen and oxygen atoms in total. The van der Waals surface area contributed by atoms with Crippen LogP contribution in [0.4, 0.5) is 26.0 Å². The van der Waals surface area contributed by atoms with Gasteiger partial charge in [0.15, 0.2) is 5.82 Å². The van der Waals surface area contributed by atoms with Gasteiger partial charge in [0.2, 0.25) is 0 Å². The van der Waals surface area contributed by atoms with E-state index in [1.807, 2.05) is 30.3 Å². The first-order valence-electron chi connectivity index (χ1n) is 14.1. The van der Waals surface area contributed by atoms with Gasteiger partial charge in [-0.15, -0.1) is 0 Å². The second-order valence-electron chi connectivity index (χ2n) is 10.9. The van der Waals surface area contributed by atoms with E-state index in [1.165, 1.54) is 12.1 Å². The number of aromatic nitrogens is 2. The zero-order valence-electron chi connectivity index (χ0n) is 23.0. The first kappa shape index (κ1) is 27.2. The first-order chi connectivity index (χ1) is 19.9. The highest BCUT2D eigenvalue weighted by Crippen LogP contribution is 2.30. The summed E-state index contributed by atoms with van der Waals surface area (Å²) in [6.07, 6.45) is 2.09. The SMILES string of the molecule is CC1CNCCN1c1ccc(C(=O)Nc2n[nH]c3ccc(Cc4cc(F)cc(F)c4)cc23)c(NC2CCOCC2)c1. The van der Waals surface area contributed by atoms with Gasteiger partial charge in [0, 0.05) is 67.8 Å². The van der Waals surface area contributed by atoms with Crippen LogP contribution in [-0.4, -0.2) is 61.0 Å². The van der Waals surface area contributed by atoms with Crippen molar-refractivity contribution < 1.29 is 18.3 Å². The van der Waals surface area contributed by atoms with Crippen molar-refractivity contribution in [1.82, 2.24) is 15.5 Å². The Bertz CT molecular complexity index is 1530. The van der Waals surface area contributed by atoms with Crippen LogP contribution in [0.25, 0.3) is 10.9 Å². The third-order valence-corrected chi connectivity index (χ3v) is 7.85. The molecule has 3 heterocycles. The fourth-order valence-corrected chi connectivity index (χ4v) is 5.70. The minimum Gasteiger partial charge on any atom is -0.381 e. The highest BCUT2D eigenvalue weighted by Gasteiger charge is 2.23. The average molecular weight is 561 g/mol. The van der Waals surface area contributed by atoms with Gasteiger partial charge in [-0.3, -0.25) is 9.89 Å². The van der Waals surface area contributed by atoms with Gasteiger partial charge < -0.3 is 25.6 Å². The summed E-state index contributed by atoms with van der Waals surface area (Å²) in [5, 5.41) is 18.1. The summed E-state index contributed by atoms with van der Waals surface area (Å²) < 4.78 is 33.0. The number of carbonyl (C=O) groups is 1. The van der Waals surface area contributed by atoms with Crippen molar-refractivity contribution in [1.29, 1.82) is 0 Å². The number of piperazine rings is 1. The maximum atomic E-state index is 13.7. The van der Waals surface area contributed by atoms with Gasteiger partial charge in [0.25, 0.3) is 5.91 Å². The molecule has 0 saturated carbocycles. The molecule has 1 atom stereocenters. The van der Waals surface area contributed by atoms with Gasteiger partial charge in [-0.25, -0.2) is 8.78 Å². The van der Waals surface area contributed by atoms with Crippen molar-refractivity contribution in [3.8, 4) is 0 Å². The summed E-state index contributed by atoms with van der Waals surface area (Å²) in [4.78, 5) is 16.0. The van der Waals surface area contributed by atoms with E-state index in [0.717, 1.165) is 66.4 Å². The molecular weight excluding hydrogens is 526 g/mol. The quantitative estimate of drug-likeness (QED) is 0.252. The molecule has 10 heteroatoms. The Balaban J connectivity index is 1.27. The fourth-order valence-electron chi connectivity index (χ4n) is 5.70. The molecule has 2 aliphatic heterocycles. The number of benzene rings is 3. The van der Waals surface area contributed by atoms with E-state index >= 15 is 0 Å². The summed E-state index contributed by atoms with van der Waals surface area (Å²) in [7, 11) is 0. The molecule has 1 amide bonds. The number of anilines is 3. The molecule has 6 rings (SSSR count). The van der Waals surface area contributed by atoms with Crippen LogP contribution in [0, 0.1) is 11.6 Å². The number of nitrogens with one attached hydrogen (secondary N) is 4. The molecule has 0 bridgehead atoms. The van der Waals surface area contributed by atoms with Gasteiger partial charge in [-0.1, -0.05) is 6.07 Å². The number of rotatable bonds is 7. The maximum absolute atomic E-state index is 13.7. The fraction of sp³-hybridized carbons (Fsp3) is 0.355. The Labute approximate surface area is 237 Å². The number of hydrogen-bond acceptors (Lipinski definition) is 6. The van der Waals surface area contributed by atoms with Crippen molar-refractivity contribution in [3.05, 3.63) is 82.9 Å². The summed E-state index contributed by atoms with van der Waals surface area (Å²) in [5.41, 5.74) is 4.51. The van der Waals surface area contributed by atoms with Crippen LogP contribution >= 0.6 is 0 Å². The zero-order valence-corrected chi connectivity index (χ0v) is 23.0. The van der Waals surface area contributed by atoms with Crippen molar-refractivity contribution in [2.75, 3.05) is 48.4 Å². The Morgan fingerprint density at radius 1 is 1.05 bits per heavy atom. The lowest BCUT2D eigenvalue weighted by molar-refractivity contribution is 0.0904. The molecule has 4 N–H and O–H groups in total. The third kappa shape index (κ3) is 6.18. The van der Waals surface area contributed by atoms with E-state index in [4.69, 9.17) is 4.74 Å². The number of nitrogens with zero attached hydrogens (tertiary/aromatic N) is 2. The summed E-state index contributed by atoms with van der Waals surface area (Å²) in [6, 6.07) is 15.6. The smallest absolute Gasteiger partial charge is 0.258 e. The number of halogens is 2. The summed E-state index contributed by atoms with van der Waals surface area (Å²) in [6.45, 7) is 6.30. The van der Waals surface area contributed by atoms with Gasteiger partial charge in [-0.2, -0.15) is 5.10 Å². The van der Waals surface area contributed by atoms with Crippen LogP contribution in [0.15, 0.2) is 54.6 Å². The van der Waals surface area contributed by atoms with Crippen LogP contribution < -0.4 is 20.9 Å². The highest BCUT2D eigenvalue weighted by atomic mass is 19.1. The number of aromatic amines is 1. The number of ether oxygens (including phenoxy) is 1. The summed E-state index contributed by atoms with van der Waals surface area (Å²) >= 11 is 0. The Morgan fingerprint density at radius 2 is 1.85 bits per heavy atom. The van der Waals surface area contributed by atoms with Crippen molar-refractivity contribution >= 4 is 34.0 Å². The molecule has 1 aromatic heterocycles. The molecule has 3 aromatic carbocycles. The number of carbonyl (C=O) groups excluding carboxylic acids is 1. The van der Waals surface area contributed by atoms with Crippen molar-refractivity contribution in [3.63, 3.8) is 0 Å². The number of hydrogen-bond donors (Lipinski definition) is 4. The van der Waals surface area contributed by atoms with Crippen molar-refractivity contribution in [2.45, 2.75) is 38.3 Å². The lowest BCUT2D eigenvalue weighted by Gasteiger charge is -2.36. The third-order valence-electron chi connectivity index (χ3n) is 7.85. The normalized spacial score (nSPS) is 18.0. The van der Waals surface area contributed by atoms with E-state index < -0.39 is 11.6 Å². The molecule has 0 radical (unpaired) electrons. The van der Waals surface area contributed by atoms with E-state index in [9.17, 15) is 13.6 Å². The molecule has 1 unspecified atom stereocenters. The van der Waals surface area contributed by atoms with E-state index in [2.05, 4.69) is 44.0 Å². The van der Waals surface area contributed by atoms with Crippen LogP contribution in [-0.2, 0) is 11.2 Å². The van der Waals surface area contributed by atoms with E-state index in [-0.39, 0.29) is 11.9 Å². The van der Waals surface area contributed by atoms with Gasteiger partial charge in [0.1, 0.15) is 11.6 Å². The highest BCUT2D eigenvalue weighted by molar-refractivity contribution is 6.11. The minimum atomic E-state index is -0.611. The Kier molecular flexibility index (Phi) is 7.84. The van der Waals surface area contributed by atoms with Crippen LogP contribution in [0.5, 0.6) is 0 Å². The maximum Gasteiger partial charge on any atom is 0.258 e. The molecule has 2 fully saturated rings. The number of amides is 1. The predicted molar refractivity (Wildman–Crippen MR) is 157 cm³/mol.